The zero-order valence-electron chi connectivity index (χ0n) is 15.3. The summed E-state index contributed by atoms with van der Waals surface area (Å²) in [5.41, 5.74) is 2.95. The van der Waals surface area contributed by atoms with Gasteiger partial charge < -0.3 is 15.1 Å². The third-order valence-corrected chi connectivity index (χ3v) is 4.82. The Morgan fingerprint density at radius 3 is 2.71 bits per heavy atom. The van der Waals surface area contributed by atoms with Crippen LogP contribution in [0.15, 0.2) is 41.4 Å². The van der Waals surface area contributed by atoms with Gasteiger partial charge in [0.1, 0.15) is 0 Å². The van der Waals surface area contributed by atoms with Crippen molar-refractivity contribution in [1.82, 2.24) is 10.2 Å². The summed E-state index contributed by atoms with van der Waals surface area (Å²) in [6.07, 6.45) is 5.68. The van der Waals surface area contributed by atoms with Gasteiger partial charge in [-0.3, -0.25) is 0 Å². The molecule has 0 saturated carbocycles. The normalized spacial score (nSPS) is 20.0. The maximum Gasteiger partial charge on any atom is 0.194 e. The van der Waals surface area contributed by atoms with Crippen LogP contribution in [0.5, 0.6) is 0 Å². The second kappa shape index (κ2) is 7.29. The molecule has 0 aromatic heterocycles. The van der Waals surface area contributed by atoms with E-state index in [0.29, 0.717) is 5.41 Å². The summed E-state index contributed by atoms with van der Waals surface area (Å²) in [5, 5.41) is 3.46. The molecule has 2 aliphatic heterocycles. The van der Waals surface area contributed by atoms with Crippen molar-refractivity contribution in [3.05, 3.63) is 42.0 Å². The second-order valence-electron chi connectivity index (χ2n) is 7.55. The summed E-state index contributed by atoms with van der Waals surface area (Å²) in [5.74, 6) is 1.05. The minimum atomic E-state index is 0.388. The first kappa shape index (κ1) is 16.9. The van der Waals surface area contributed by atoms with Gasteiger partial charge in [-0.15, -0.1) is 0 Å². The van der Waals surface area contributed by atoms with Gasteiger partial charge in [0.25, 0.3) is 0 Å². The third-order valence-electron chi connectivity index (χ3n) is 4.82. The largest absolute Gasteiger partial charge is 0.364 e. The Kier molecular flexibility index (Phi) is 5.12. The van der Waals surface area contributed by atoms with Gasteiger partial charge in [-0.1, -0.05) is 38.1 Å². The number of hydrogen-bond donors (Lipinski definition) is 1. The maximum absolute atomic E-state index is 4.90. The number of guanidine groups is 1. The van der Waals surface area contributed by atoms with Gasteiger partial charge in [0.2, 0.25) is 0 Å². The topological polar surface area (TPSA) is 30.9 Å². The van der Waals surface area contributed by atoms with E-state index in [1.54, 1.807) is 0 Å². The van der Waals surface area contributed by atoms with Crippen molar-refractivity contribution in [2.75, 3.05) is 37.6 Å². The second-order valence-corrected chi connectivity index (χ2v) is 7.55. The molecule has 2 aliphatic rings. The number of anilines is 1. The molecule has 1 saturated heterocycles. The van der Waals surface area contributed by atoms with Gasteiger partial charge in [-0.25, -0.2) is 4.99 Å². The Labute approximate surface area is 146 Å². The molecular weight excluding hydrogens is 296 g/mol. The number of hydrogen-bond acceptors (Lipinski definition) is 2. The molecule has 1 aromatic carbocycles. The Morgan fingerprint density at radius 2 is 2.04 bits per heavy atom. The number of nitrogens with zero attached hydrogens (tertiary/aromatic N) is 3. The number of aliphatic imine (C=N–C) groups is 1. The zero-order chi connectivity index (χ0) is 17.0. The number of likely N-dealkylation sites (tertiary alicyclic amines) is 1. The predicted octanol–water partition coefficient (Wildman–Crippen LogP) is 3.26. The average Bonchev–Trinajstić information content (AvgIpc) is 3.21. The maximum atomic E-state index is 4.90. The average molecular weight is 326 g/mol. The lowest BCUT2D eigenvalue weighted by Gasteiger charge is -2.24. The standard InChI is InChI=1S/C20H30N4/c1-4-21-19(24-13-10-20(2,3)16-24)22-15-17-8-7-9-18(14-17)23-11-5-6-12-23/h5-9,14H,4,10-13,15-16H2,1-3H3,(H,21,22). The van der Waals surface area contributed by atoms with Crippen LogP contribution < -0.4 is 10.2 Å². The van der Waals surface area contributed by atoms with E-state index in [9.17, 15) is 0 Å². The number of rotatable bonds is 4. The van der Waals surface area contributed by atoms with Crippen LogP contribution in [0.2, 0.25) is 0 Å². The molecule has 0 amide bonds. The van der Waals surface area contributed by atoms with Gasteiger partial charge in [-0.2, -0.15) is 0 Å². The van der Waals surface area contributed by atoms with E-state index in [1.165, 1.54) is 17.7 Å². The van der Waals surface area contributed by atoms with Crippen molar-refractivity contribution >= 4 is 11.6 Å². The summed E-state index contributed by atoms with van der Waals surface area (Å²) >= 11 is 0. The first-order valence-electron chi connectivity index (χ1n) is 9.09. The fourth-order valence-electron chi connectivity index (χ4n) is 3.43. The summed E-state index contributed by atoms with van der Waals surface area (Å²) in [4.78, 5) is 9.67. The molecule has 1 fully saturated rings. The van der Waals surface area contributed by atoms with Crippen LogP contribution >= 0.6 is 0 Å². The van der Waals surface area contributed by atoms with Crippen LogP contribution in [-0.2, 0) is 6.54 Å². The molecule has 1 aromatic rings. The van der Waals surface area contributed by atoms with E-state index in [-0.39, 0.29) is 0 Å². The van der Waals surface area contributed by atoms with Crippen molar-refractivity contribution in [2.45, 2.75) is 33.7 Å². The smallest absolute Gasteiger partial charge is 0.194 e. The summed E-state index contributed by atoms with van der Waals surface area (Å²) in [6, 6.07) is 8.78. The fourth-order valence-corrected chi connectivity index (χ4v) is 3.43. The molecule has 0 aliphatic carbocycles. The summed E-state index contributed by atoms with van der Waals surface area (Å²) in [6.45, 7) is 12.7. The molecule has 24 heavy (non-hydrogen) atoms. The monoisotopic (exact) mass is 326 g/mol. The van der Waals surface area contributed by atoms with Gasteiger partial charge in [-0.05, 0) is 36.5 Å². The minimum Gasteiger partial charge on any atom is -0.364 e. The van der Waals surface area contributed by atoms with Crippen LogP contribution in [0.3, 0.4) is 0 Å². The SMILES string of the molecule is CCNC(=NCc1cccc(N2CC=CC2)c1)N1CCC(C)(C)C1. The van der Waals surface area contributed by atoms with Crippen LogP contribution in [0.25, 0.3) is 0 Å². The van der Waals surface area contributed by atoms with Gasteiger partial charge >= 0.3 is 0 Å². The van der Waals surface area contributed by atoms with Crippen molar-refractivity contribution in [3.63, 3.8) is 0 Å². The highest BCUT2D eigenvalue weighted by Crippen LogP contribution is 2.28. The van der Waals surface area contributed by atoms with Crippen molar-refractivity contribution in [2.24, 2.45) is 10.4 Å². The molecule has 0 bridgehead atoms. The van der Waals surface area contributed by atoms with E-state index >= 15 is 0 Å². The third kappa shape index (κ3) is 4.11. The van der Waals surface area contributed by atoms with E-state index in [0.717, 1.165) is 45.2 Å². The highest BCUT2D eigenvalue weighted by atomic mass is 15.3. The molecular formula is C20H30N4. The molecule has 0 unspecified atom stereocenters. The lowest BCUT2D eigenvalue weighted by atomic mass is 9.93. The molecule has 1 N–H and O–H groups in total. The van der Waals surface area contributed by atoms with Crippen LogP contribution in [-0.4, -0.2) is 43.6 Å². The highest BCUT2D eigenvalue weighted by molar-refractivity contribution is 5.80. The lowest BCUT2D eigenvalue weighted by Crippen LogP contribution is -2.40. The fraction of sp³-hybridized carbons (Fsp3) is 0.550. The van der Waals surface area contributed by atoms with E-state index < -0.39 is 0 Å². The predicted molar refractivity (Wildman–Crippen MR) is 103 cm³/mol. The summed E-state index contributed by atoms with van der Waals surface area (Å²) < 4.78 is 0. The van der Waals surface area contributed by atoms with Crippen molar-refractivity contribution in [3.8, 4) is 0 Å². The van der Waals surface area contributed by atoms with Crippen LogP contribution in [0.4, 0.5) is 5.69 Å². The quantitative estimate of drug-likeness (QED) is 0.523. The molecule has 4 heteroatoms. The van der Waals surface area contributed by atoms with Crippen LogP contribution in [0.1, 0.15) is 32.8 Å². The lowest BCUT2D eigenvalue weighted by molar-refractivity contribution is 0.370. The van der Waals surface area contributed by atoms with Gasteiger partial charge in [0.05, 0.1) is 6.54 Å². The van der Waals surface area contributed by atoms with E-state index in [2.05, 4.69) is 72.3 Å². The molecule has 0 radical (unpaired) electrons. The first-order chi connectivity index (χ1) is 11.6. The molecule has 0 spiro atoms. The Hall–Kier alpha value is -1.97. The van der Waals surface area contributed by atoms with Gasteiger partial charge in [0, 0.05) is 38.4 Å². The molecule has 0 atom stereocenters. The van der Waals surface area contributed by atoms with Gasteiger partial charge in [0.15, 0.2) is 5.96 Å². The zero-order valence-corrected chi connectivity index (χ0v) is 15.3. The highest BCUT2D eigenvalue weighted by Gasteiger charge is 2.30. The Balaban J connectivity index is 1.69. The Bertz CT molecular complexity index is 610. The van der Waals surface area contributed by atoms with Crippen LogP contribution in [0, 0.1) is 5.41 Å². The van der Waals surface area contributed by atoms with Crippen molar-refractivity contribution < 1.29 is 0 Å². The molecule has 130 valence electrons. The number of nitrogens with one attached hydrogen (secondary N) is 1. The minimum absolute atomic E-state index is 0.388. The van der Waals surface area contributed by atoms with E-state index in [1.807, 2.05) is 0 Å². The van der Waals surface area contributed by atoms with E-state index in [4.69, 9.17) is 4.99 Å². The molecule has 4 nitrogen and oxygen atoms in total. The molecule has 3 rings (SSSR count). The summed E-state index contributed by atoms with van der Waals surface area (Å²) in [7, 11) is 0. The molecule has 2 heterocycles. The van der Waals surface area contributed by atoms with Crippen molar-refractivity contribution in [1.29, 1.82) is 0 Å². The first-order valence-corrected chi connectivity index (χ1v) is 9.09. The number of benzene rings is 1. The Morgan fingerprint density at radius 1 is 1.25 bits per heavy atom.